The van der Waals surface area contributed by atoms with Crippen molar-refractivity contribution in [3.05, 3.63) is 24.3 Å². The van der Waals surface area contributed by atoms with Crippen LogP contribution in [0.25, 0.3) is 0 Å². The van der Waals surface area contributed by atoms with Crippen molar-refractivity contribution >= 4 is 6.21 Å². The molecule has 0 bridgehead atoms. The van der Waals surface area contributed by atoms with E-state index < -0.39 is 0 Å². The zero-order valence-electron chi connectivity index (χ0n) is 4.44. The second-order valence-electron chi connectivity index (χ2n) is 1.28. The molecule has 0 aromatic rings. The topological polar surface area (TPSA) is 23.9 Å². The molecule has 0 aromatic heterocycles. The molecule has 38 valence electrons. The van der Waals surface area contributed by atoms with Crippen LogP contribution in [0.5, 0.6) is 0 Å². The minimum Gasteiger partial charge on any atom is -0.309 e. The highest BCUT2D eigenvalue weighted by Crippen LogP contribution is 1.87. The normalized spacial score (nSPS) is 10.7. The van der Waals surface area contributed by atoms with Crippen LogP contribution in [0, 0.1) is 5.41 Å². The van der Waals surface area contributed by atoms with E-state index in [1.807, 2.05) is 6.92 Å². The summed E-state index contributed by atoms with van der Waals surface area (Å²) in [5.74, 6) is 0. The lowest BCUT2D eigenvalue weighted by Gasteiger charge is -1.79. The first-order valence-electron chi connectivity index (χ1n) is 2.11. The summed E-state index contributed by atoms with van der Waals surface area (Å²) < 4.78 is 0. The van der Waals surface area contributed by atoms with E-state index in [4.69, 9.17) is 5.41 Å². The fourth-order valence-corrected chi connectivity index (χ4v) is 0.199. The fraction of sp³-hybridized carbons (Fsp3) is 0.167. The van der Waals surface area contributed by atoms with E-state index >= 15 is 0 Å². The Labute approximate surface area is 43.9 Å². The third kappa shape index (κ3) is 2.97. The molecule has 0 spiro atoms. The maximum Gasteiger partial charge on any atom is 0.0180 e. The Morgan fingerprint density at radius 2 is 2.29 bits per heavy atom. The molecule has 0 atom stereocenters. The Morgan fingerprint density at radius 3 is 2.43 bits per heavy atom. The van der Waals surface area contributed by atoms with Crippen molar-refractivity contribution < 1.29 is 0 Å². The van der Waals surface area contributed by atoms with Gasteiger partial charge in [0.1, 0.15) is 0 Å². The SMILES string of the molecule is C=C/C(C)=C/C=N. The molecule has 0 fully saturated rings. The third-order valence-electron chi connectivity index (χ3n) is 0.668. The van der Waals surface area contributed by atoms with Crippen LogP contribution in [0.3, 0.4) is 0 Å². The molecule has 1 nitrogen and oxygen atoms in total. The zero-order chi connectivity index (χ0) is 5.70. The Morgan fingerprint density at radius 1 is 1.71 bits per heavy atom. The third-order valence-corrected chi connectivity index (χ3v) is 0.668. The Hall–Kier alpha value is -0.850. The second kappa shape index (κ2) is 3.34. The van der Waals surface area contributed by atoms with E-state index in [-0.39, 0.29) is 0 Å². The molecule has 0 aliphatic carbocycles. The highest BCUT2D eigenvalue weighted by atomic mass is 14.3. The van der Waals surface area contributed by atoms with Gasteiger partial charge in [-0.25, -0.2) is 0 Å². The molecule has 0 aromatic carbocycles. The van der Waals surface area contributed by atoms with Crippen LogP contribution in [0.4, 0.5) is 0 Å². The summed E-state index contributed by atoms with van der Waals surface area (Å²) in [5, 5.41) is 6.59. The molecule has 7 heavy (non-hydrogen) atoms. The van der Waals surface area contributed by atoms with Gasteiger partial charge in [0, 0.05) is 6.21 Å². The van der Waals surface area contributed by atoms with Gasteiger partial charge in [-0.1, -0.05) is 18.2 Å². The van der Waals surface area contributed by atoms with Gasteiger partial charge in [0.2, 0.25) is 0 Å². The molecule has 0 amide bonds. The standard InChI is InChI=1S/C6H9N/c1-3-6(2)4-5-7/h3-5,7H,1H2,2H3/b6-4+,7-5?. The van der Waals surface area contributed by atoms with Crippen molar-refractivity contribution in [3.8, 4) is 0 Å². The minimum absolute atomic E-state index is 1.02. The average Bonchev–Trinajstić information content (AvgIpc) is 1.68. The van der Waals surface area contributed by atoms with E-state index in [2.05, 4.69) is 6.58 Å². The average molecular weight is 95.1 g/mol. The molecule has 0 aliphatic heterocycles. The van der Waals surface area contributed by atoms with Crippen LogP contribution in [0.1, 0.15) is 6.92 Å². The van der Waals surface area contributed by atoms with Gasteiger partial charge in [0.25, 0.3) is 0 Å². The van der Waals surface area contributed by atoms with E-state index in [0.29, 0.717) is 0 Å². The Balaban J connectivity index is 3.72. The van der Waals surface area contributed by atoms with Crippen LogP contribution in [0.2, 0.25) is 0 Å². The van der Waals surface area contributed by atoms with E-state index in [0.717, 1.165) is 5.57 Å². The minimum atomic E-state index is 1.02. The molecule has 1 heteroatoms. The van der Waals surface area contributed by atoms with E-state index in [1.54, 1.807) is 12.2 Å². The first-order valence-corrected chi connectivity index (χ1v) is 2.11. The largest absolute Gasteiger partial charge is 0.309 e. The number of nitrogens with one attached hydrogen (secondary N) is 1. The van der Waals surface area contributed by atoms with E-state index in [9.17, 15) is 0 Å². The predicted octanol–water partition coefficient (Wildman–Crippen LogP) is 1.77. The summed E-state index contributed by atoms with van der Waals surface area (Å²) in [5.41, 5.74) is 1.02. The van der Waals surface area contributed by atoms with Crippen LogP contribution >= 0.6 is 0 Å². The van der Waals surface area contributed by atoms with Gasteiger partial charge in [0.05, 0.1) is 0 Å². The molecule has 0 aliphatic rings. The van der Waals surface area contributed by atoms with Crippen molar-refractivity contribution in [2.24, 2.45) is 0 Å². The summed E-state index contributed by atoms with van der Waals surface area (Å²) in [4.78, 5) is 0. The summed E-state index contributed by atoms with van der Waals surface area (Å²) in [6.45, 7) is 5.41. The highest BCUT2D eigenvalue weighted by molar-refractivity contribution is 5.69. The zero-order valence-corrected chi connectivity index (χ0v) is 4.44. The van der Waals surface area contributed by atoms with Crippen molar-refractivity contribution in [1.29, 1.82) is 5.41 Å². The lowest BCUT2D eigenvalue weighted by molar-refractivity contribution is 1.52. The van der Waals surface area contributed by atoms with Crippen molar-refractivity contribution in [2.45, 2.75) is 6.92 Å². The summed E-state index contributed by atoms with van der Waals surface area (Å²) in [6.07, 6.45) is 4.65. The molecule has 0 radical (unpaired) electrons. The first kappa shape index (κ1) is 6.15. The Bertz CT molecular complexity index is 101. The highest BCUT2D eigenvalue weighted by Gasteiger charge is 1.69. The van der Waals surface area contributed by atoms with Crippen LogP contribution in [0.15, 0.2) is 24.3 Å². The number of rotatable bonds is 2. The maximum atomic E-state index is 6.59. The maximum absolute atomic E-state index is 6.59. The molecule has 0 heterocycles. The monoisotopic (exact) mass is 95.1 g/mol. The molecule has 0 saturated carbocycles. The molecule has 0 unspecified atom stereocenters. The number of hydrogen-bond donors (Lipinski definition) is 1. The van der Waals surface area contributed by atoms with Gasteiger partial charge in [-0.3, -0.25) is 0 Å². The smallest absolute Gasteiger partial charge is 0.0180 e. The Kier molecular flexibility index (Phi) is 2.94. The van der Waals surface area contributed by atoms with Crippen molar-refractivity contribution in [1.82, 2.24) is 0 Å². The number of hydrogen-bond acceptors (Lipinski definition) is 1. The first-order chi connectivity index (χ1) is 3.31. The predicted molar refractivity (Wildman–Crippen MR) is 32.7 cm³/mol. The molecule has 0 rings (SSSR count). The quantitative estimate of drug-likeness (QED) is 0.399. The van der Waals surface area contributed by atoms with Gasteiger partial charge in [-0.05, 0) is 13.0 Å². The molecule has 0 saturated heterocycles. The van der Waals surface area contributed by atoms with Crippen molar-refractivity contribution in [2.75, 3.05) is 0 Å². The van der Waals surface area contributed by atoms with Crippen LogP contribution in [-0.2, 0) is 0 Å². The second-order valence-corrected chi connectivity index (χ2v) is 1.28. The van der Waals surface area contributed by atoms with Gasteiger partial charge < -0.3 is 5.41 Å². The van der Waals surface area contributed by atoms with Gasteiger partial charge in [0.15, 0.2) is 0 Å². The van der Waals surface area contributed by atoms with Gasteiger partial charge in [-0.15, -0.1) is 0 Å². The van der Waals surface area contributed by atoms with E-state index in [1.165, 1.54) is 6.21 Å². The summed E-state index contributed by atoms with van der Waals surface area (Å²) in [6, 6.07) is 0. The molecular weight excluding hydrogens is 86.1 g/mol. The molecule has 1 N–H and O–H groups in total. The fourth-order valence-electron chi connectivity index (χ4n) is 0.199. The number of allylic oxidation sites excluding steroid dienone is 3. The van der Waals surface area contributed by atoms with Crippen LogP contribution < -0.4 is 0 Å². The van der Waals surface area contributed by atoms with Crippen molar-refractivity contribution in [3.63, 3.8) is 0 Å². The van der Waals surface area contributed by atoms with Crippen LogP contribution in [-0.4, -0.2) is 6.21 Å². The summed E-state index contributed by atoms with van der Waals surface area (Å²) >= 11 is 0. The molecular formula is C6H9N. The van der Waals surface area contributed by atoms with Gasteiger partial charge >= 0.3 is 0 Å². The lowest BCUT2D eigenvalue weighted by Crippen LogP contribution is -1.64. The summed E-state index contributed by atoms with van der Waals surface area (Å²) in [7, 11) is 0. The van der Waals surface area contributed by atoms with Gasteiger partial charge in [-0.2, -0.15) is 0 Å². The lowest BCUT2D eigenvalue weighted by atomic mass is 10.3.